The fourth-order valence-electron chi connectivity index (χ4n) is 9.50. The van der Waals surface area contributed by atoms with Crippen LogP contribution < -0.4 is 0 Å². The van der Waals surface area contributed by atoms with Crippen molar-refractivity contribution in [3.8, 4) is 121 Å². The first-order chi connectivity index (χ1) is 35.9. The monoisotopic (exact) mass is 927 g/mol. The smallest absolute Gasteiger partial charge is 0.160 e. The lowest BCUT2D eigenvalue weighted by molar-refractivity contribution is 1.17. The molecule has 0 fully saturated rings. The maximum atomic E-state index is 10.3. The Morgan fingerprint density at radius 3 is 1.10 bits per heavy atom. The molecule has 0 aliphatic heterocycles. The zero-order valence-corrected chi connectivity index (χ0v) is 38.6. The molecular weight excluding hydrogens is 895 g/mol. The van der Waals surface area contributed by atoms with Gasteiger partial charge in [-0.2, -0.15) is 31.6 Å². The number of fused-ring (bicyclic) bond motifs is 3. The molecule has 9 nitrogen and oxygen atoms in total. The minimum absolute atomic E-state index is 0.356. The Hall–Kier alpha value is -11.2. The molecule has 0 aliphatic carbocycles. The van der Waals surface area contributed by atoms with Crippen molar-refractivity contribution in [1.29, 1.82) is 31.6 Å². The second-order valence-corrected chi connectivity index (χ2v) is 17.3. The molecule has 0 saturated carbocycles. The lowest BCUT2D eigenvalue weighted by Gasteiger charge is -2.21. The van der Waals surface area contributed by atoms with E-state index in [2.05, 4.69) is 65.2 Å². The highest BCUT2D eigenvalue weighted by molar-refractivity contribution is 6.13. The third-order valence-corrected chi connectivity index (χ3v) is 13.0. The minimum Gasteiger partial charge on any atom is -0.308 e. The van der Waals surface area contributed by atoms with E-state index in [4.69, 9.17) is 9.97 Å². The largest absolute Gasteiger partial charge is 0.308 e. The molecule has 0 atom stereocenters. The lowest BCUT2D eigenvalue weighted by Crippen LogP contribution is -2.03. The van der Waals surface area contributed by atoms with Crippen LogP contribution in [0.2, 0.25) is 0 Å². The first-order valence-corrected chi connectivity index (χ1v) is 23.1. The fraction of sp³-hybridized carbons (Fsp3) is 0. The van der Waals surface area contributed by atoms with Crippen molar-refractivity contribution in [2.45, 2.75) is 0 Å². The van der Waals surface area contributed by atoms with Gasteiger partial charge in [-0.05, 0) is 124 Å². The quantitative estimate of drug-likeness (QED) is 0.145. The predicted octanol–water partition coefficient (Wildman–Crippen LogP) is 14.5. The number of nitrogens with zero attached hydrogens (tertiary/aromatic N) is 9. The molecule has 0 aliphatic rings. The highest BCUT2D eigenvalue weighted by atomic mass is 15.0. The molecule has 2 heterocycles. The zero-order chi connectivity index (χ0) is 50.0. The maximum absolute atomic E-state index is 10.3. The Balaban J connectivity index is 1.27. The van der Waals surface area contributed by atoms with Gasteiger partial charge in [0.05, 0.1) is 97.9 Å². The van der Waals surface area contributed by atoms with Gasteiger partial charge in [0.1, 0.15) is 0 Å². The van der Waals surface area contributed by atoms with E-state index in [1.165, 1.54) is 0 Å². The number of benzene rings is 9. The molecule has 0 unspecified atom stereocenters. The summed E-state index contributed by atoms with van der Waals surface area (Å²) in [5, 5.41) is 61.7. The van der Waals surface area contributed by atoms with E-state index >= 15 is 0 Å². The molecule has 0 saturated heterocycles. The average molecular weight is 928 g/mol. The van der Waals surface area contributed by atoms with Gasteiger partial charge in [-0.25, -0.2) is 9.97 Å². The number of nitriles is 6. The van der Waals surface area contributed by atoms with Crippen molar-refractivity contribution in [1.82, 2.24) is 14.5 Å². The Labute approximate surface area is 420 Å². The summed E-state index contributed by atoms with van der Waals surface area (Å²) in [6.45, 7) is 0. The molecule has 9 aromatic carbocycles. The van der Waals surface area contributed by atoms with Gasteiger partial charge < -0.3 is 4.57 Å². The van der Waals surface area contributed by atoms with Crippen LogP contribution in [0.3, 0.4) is 0 Å². The summed E-state index contributed by atoms with van der Waals surface area (Å²) in [4.78, 5) is 10.5. The van der Waals surface area contributed by atoms with Crippen molar-refractivity contribution < 1.29 is 0 Å². The van der Waals surface area contributed by atoms with E-state index in [0.717, 1.165) is 89.0 Å². The highest BCUT2D eigenvalue weighted by Gasteiger charge is 2.24. The van der Waals surface area contributed by atoms with E-state index in [1.54, 1.807) is 60.7 Å². The third-order valence-electron chi connectivity index (χ3n) is 13.0. The average Bonchev–Trinajstić information content (AvgIpc) is 3.79. The Morgan fingerprint density at radius 1 is 0.301 bits per heavy atom. The van der Waals surface area contributed by atoms with Crippen molar-refractivity contribution in [2.24, 2.45) is 0 Å². The molecule has 334 valence electrons. The van der Waals surface area contributed by atoms with Gasteiger partial charge in [0.2, 0.25) is 0 Å². The molecule has 0 amide bonds. The van der Waals surface area contributed by atoms with Gasteiger partial charge in [0, 0.05) is 38.6 Å². The summed E-state index contributed by atoms with van der Waals surface area (Å²) in [6.07, 6.45) is 0. The van der Waals surface area contributed by atoms with E-state index in [1.807, 2.05) is 115 Å². The van der Waals surface area contributed by atoms with Gasteiger partial charge in [-0.3, -0.25) is 0 Å². The summed E-state index contributed by atoms with van der Waals surface area (Å²) in [7, 11) is 0. The molecule has 0 bridgehead atoms. The molecule has 0 spiro atoms. The van der Waals surface area contributed by atoms with Crippen LogP contribution in [-0.2, 0) is 0 Å². The zero-order valence-electron chi connectivity index (χ0n) is 38.6. The number of hydrogen-bond donors (Lipinski definition) is 0. The van der Waals surface area contributed by atoms with Gasteiger partial charge in [-0.1, -0.05) is 109 Å². The van der Waals surface area contributed by atoms with Gasteiger partial charge in [-0.15, -0.1) is 0 Å². The molecule has 0 radical (unpaired) electrons. The molecule has 11 rings (SSSR count). The van der Waals surface area contributed by atoms with Crippen molar-refractivity contribution in [2.75, 3.05) is 0 Å². The predicted molar refractivity (Wildman–Crippen MR) is 283 cm³/mol. The highest BCUT2D eigenvalue weighted by Crippen LogP contribution is 2.46. The third kappa shape index (κ3) is 8.13. The van der Waals surface area contributed by atoms with Crippen LogP contribution in [0.4, 0.5) is 0 Å². The molecule has 0 N–H and O–H groups in total. The van der Waals surface area contributed by atoms with Crippen LogP contribution in [0.1, 0.15) is 33.4 Å². The van der Waals surface area contributed by atoms with Crippen LogP contribution in [0.25, 0.3) is 106 Å². The van der Waals surface area contributed by atoms with Crippen LogP contribution in [0.15, 0.2) is 200 Å². The second-order valence-electron chi connectivity index (χ2n) is 17.3. The maximum Gasteiger partial charge on any atom is 0.160 e. The number of aromatic nitrogens is 3. The fourth-order valence-corrected chi connectivity index (χ4v) is 9.50. The molecule has 9 heteroatoms. The molecule has 11 aromatic rings. The summed E-state index contributed by atoms with van der Waals surface area (Å²) < 4.78 is 2.22. The Kier molecular flexibility index (Phi) is 11.4. The topological polar surface area (TPSA) is 173 Å². The Morgan fingerprint density at radius 2 is 0.699 bits per heavy atom. The van der Waals surface area contributed by atoms with Crippen LogP contribution in [0.5, 0.6) is 0 Å². The van der Waals surface area contributed by atoms with E-state index in [9.17, 15) is 31.6 Å². The SMILES string of the molecule is N#Cc1ccc(-c2cc(-c3nc(-c4ccccc4)cc(-c4ccccc4)n3)cc(-c3ccc(C#N)cc3)c2-n2c3ccc(-c4ccc(C#N)cc4C#N)cc3c3cc(-c4ccc(C#N)cc4C#N)ccc32)cc1. The van der Waals surface area contributed by atoms with E-state index < -0.39 is 0 Å². The summed E-state index contributed by atoms with van der Waals surface area (Å²) in [6, 6.07) is 76.8. The second kappa shape index (κ2) is 18.7. The lowest BCUT2D eigenvalue weighted by atomic mass is 9.91. The molecular formula is C64H33N9. The van der Waals surface area contributed by atoms with Crippen LogP contribution in [-0.4, -0.2) is 14.5 Å². The summed E-state index contributed by atoms with van der Waals surface area (Å²) in [5.41, 5.74) is 15.0. The molecule has 2 aromatic heterocycles. The van der Waals surface area contributed by atoms with Crippen molar-refractivity contribution >= 4 is 21.8 Å². The van der Waals surface area contributed by atoms with Gasteiger partial charge in [0.15, 0.2) is 5.82 Å². The minimum atomic E-state index is 0.356. The van der Waals surface area contributed by atoms with Crippen molar-refractivity contribution in [3.63, 3.8) is 0 Å². The summed E-state index contributed by atoms with van der Waals surface area (Å²) >= 11 is 0. The standard InChI is InChI=1S/C64H33N9/c65-34-40-11-17-44(18-12-40)55-31-50(64-71-59(46-7-3-1-4-8-46)33-60(72-64)47-9-5-2-6-10-47)32-56(45-19-13-41(35-66)14-20-45)63(55)73-61-25-21-48(53-23-15-42(36-67)27-51(53)38-69)29-57(61)58-30-49(22-26-62(58)73)54-24-16-43(37-68)28-52(54)39-70/h1-33H. The first kappa shape index (κ1) is 44.3. The van der Waals surface area contributed by atoms with Crippen LogP contribution >= 0.6 is 0 Å². The van der Waals surface area contributed by atoms with Gasteiger partial charge in [0.25, 0.3) is 0 Å². The Bertz CT molecular complexity index is 4030. The molecule has 73 heavy (non-hydrogen) atoms. The van der Waals surface area contributed by atoms with E-state index in [0.29, 0.717) is 50.3 Å². The van der Waals surface area contributed by atoms with Gasteiger partial charge >= 0.3 is 0 Å². The first-order valence-electron chi connectivity index (χ1n) is 23.1. The van der Waals surface area contributed by atoms with E-state index in [-0.39, 0.29) is 0 Å². The summed E-state index contributed by atoms with van der Waals surface area (Å²) in [5.74, 6) is 0.486. The number of rotatable bonds is 8. The van der Waals surface area contributed by atoms with Crippen molar-refractivity contribution in [3.05, 3.63) is 234 Å². The number of hydrogen-bond acceptors (Lipinski definition) is 8. The van der Waals surface area contributed by atoms with Crippen LogP contribution in [0, 0.1) is 68.0 Å². The normalized spacial score (nSPS) is 10.7.